The summed E-state index contributed by atoms with van der Waals surface area (Å²) in [6.45, 7) is 0.0870. The predicted molar refractivity (Wildman–Crippen MR) is 133 cm³/mol. The first-order chi connectivity index (χ1) is 16.8. The van der Waals surface area contributed by atoms with Gasteiger partial charge in [0, 0.05) is 24.0 Å². The van der Waals surface area contributed by atoms with Gasteiger partial charge in [-0.15, -0.1) is 0 Å². The standard InChI is InChI=1S/C25H19Cl3N2O5/c1-34-23-16(10-17(27)24(35-2)19(23)28)21(31)18-20(14-5-7-15(26)8-6-14)30(25(33)22(18)32)12-13-4-3-9-29-11-13/h3-11,20,31H,12H2,1-2H3/b21-18+. The van der Waals surface area contributed by atoms with Crippen molar-refractivity contribution >= 4 is 52.3 Å². The van der Waals surface area contributed by atoms with E-state index in [0.717, 1.165) is 0 Å². The normalized spacial score (nSPS) is 17.1. The fourth-order valence-electron chi connectivity index (χ4n) is 4.01. The predicted octanol–water partition coefficient (Wildman–Crippen LogP) is 5.68. The maximum absolute atomic E-state index is 13.3. The Morgan fingerprint density at radius 1 is 1.06 bits per heavy atom. The summed E-state index contributed by atoms with van der Waals surface area (Å²) in [5, 5.41) is 12.0. The van der Waals surface area contributed by atoms with E-state index in [1.165, 1.54) is 25.2 Å². The SMILES string of the molecule is COc1c(Cl)cc(/C(O)=C2\C(=O)C(=O)N(Cc3cccnc3)C2c2ccc(Cl)cc2)c(OC)c1Cl. The van der Waals surface area contributed by atoms with Crippen molar-refractivity contribution in [3.63, 3.8) is 0 Å². The summed E-state index contributed by atoms with van der Waals surface area (Å²) in [5.41, 5.74) is 1.18. The average molecular weight is 534 g/mol. The van der Waals surface area contributed by atoms with Crippen LogP contribution in [0.5, 0.6) is 11.5 Å². The highest BCUT2D eigenvalue weighted by atomic mass is 35.5. The second kappa shape index (κ2) is 10.2. The molecule has 1 fully saturated rings. The Bertz CT molecular complexity index is 1330. The van der Waals surface area contributed by atoms with Gasteiger partial charge in [-0.05, 0) is 35.4 Å². The Balaban J connectivity index is 1.94. The van der Waals surface area contributed by atoms with Gasteiger partial charge < -0.3 is 19.5 Å². The molecule has 1 aliphatic rings. The first kappa shape index (κ1) is 24.9. The van der Waals surface area contributed by atoms with E-state index in [1.54, 1.807) is 48.8 Å². The number of likely N-dealkylation sites (tertiary alicyclic amines) is 1. The third-order valence-corrected chi connectivity index (χ3v) is 6.47. The van der Waals surface area contributed by atoms with Crippen molar-refractivity contribution in [1.82, 2.24) is 9.88 Å². The van der Waals surface area contributed by atoms with Crippen molar-refractivity contribution in [2.45, 2.75) is 12.6 Å². The lowest BCUT2D eigenvalue weighted by Crippen LogP contribution is -2.29. The number of nitrogens with zero attached hydrogens (tertiary/aromatic N) is 2. The molecule has 1 saturated heterocycles. The number of aromatic nitrogens is 1. The van der Waals surface area contributed by atoms with Gasteiger partial charge in [0.15, 0.2) is 11.5 Å². The van der Waals surface area contributed by atoms with Crippen molar-refractivity contribution in [3.05, 3.63) is 92.2 Å². The van der Waals surface area contributed by atoms with Gasteiger partial charge >= 0.3 is 0 Å². The maximum Gasteiger partial charge on any atom is 0.295 e. The van der Waals surface area contributed by atoms with Gasteiger partial charge in [-0.2, -0.15) is 0 Å². The number of rotatable bonds is 6. The number of carbonyl (C=O) groups excluding carboxylic acids is 2. The highest BCUT2D eigenvalue weighted by Crippen LogP contribution is 2.47. The molecule has 1 aromatic heterocycles. The van der Waals surface area contributed by atoms with Gasteiger partial charge in [-0.1, -0.05) is 53.0 Å². The van der Waals surface area contributed by atoms with Crippen LogP contribution in [0.2, 0.25) is 15.1 Å². The van der Waals surface area contributed by atoms with Crippen LogP contribution in [0, 0.1) is 0 Å². The minimum Gasteiger partial charge on any atom is -0.507 e. The summed E-state index contributed by atoms with van der Waals surface area (Å²) < 4.78 is 10.6. The molecule has 0 aliphatic carbocycles. The molecule has 2 heterocycles. The summed E-state index contributed by atoms with van der Waals surface area (Å²) in [7, 11) is 2.74. The highest BCUT2D eigenvalue weighted by molar-refractivity contribution is 6.47. The molecule has 1 amide bonds. The third-order valence-electron chi connectivity index (χ3n) is 5.60. The Morgan fingerprint density at radius 3 is 2.34 bits per heavy atom. The van der Waals surface area contributed by atoms with Crippen molar-refractivity contribution < 1.29 is 24.2 Å². The summed E-state index contributed by atoms with van der Waals surface area (Å²) in [6.07, 6.45) is 3.21. The summed E-state index contributed by atoms with van der Waals surface area (Å²) in [5.74, 6) is -1.94. The third kappa shape index (κ3) is 4.55. The largest absolute Gasteiger partial charge is 0.507 e. The Morgan fingerprint density at radius 2 is 1.74 bits per heavy atom. The number of halogens is 3. The molecule has 0 spiro atoms. The van der Waals surface area contributed by atoms with E-state index in [2.05, 4.69) is 4.98 Å². The number of hydrogen-bond acceptors (Lipinski definition) is 6. The minimum absolute atomic E-state index is 0.0108. The molecule has 180 valence electrons. The number of pyridine rings is 1. The summed E-state index contributed by atoms with van der Waals surface area (Å²) in [6, 6.07) is 10.6. The molecule has 1 aliphatic heterocycles. The molecule has 1 unspecified atom stereocenters. The van der Waals surface area contributed by atoms with E-state index in [9.17, 15) is 14.7 Å². The van der Waals surface area contributed by atoms with Gasteiger partial charge in [0.25, 0.3) is 11.7 Å². The van der Waals surface area contributed by atoms with Gasteiger partial charge in [0.2, 0.25) is 0 Å². The van der Waals surface area contributed by atoms with Crippen LogP contribution in [0.1, 0.15) is 22.7 Å². The minimum atomic E-state index is -0.920. The van der Waals surface area contributed by atoms with E-state index in [0.29, 0.717) is 16.1 Å². The molecule has 2 aromatic carbocycles. The molecule has 4 rings (SSSR count). The van der Waals surface area contributed by atoms with Gasteiger partial charge in [0.05, 0.1) is 36.4 Å². The van der Waals surface area contributed by atoms with Crippen LogP contribution in [0.15, 0.2) is 60.4 Å². The number of Topliss-reactive ketones (excluding diaryl/α,β-unsaturated/α-hetero) is 1. The molecule has 3 aromatic rings. The van der Waals surface area contributed by atoms with Crippen LogP contribution >= 0.6 is 34.8 Å². The first-order valence-corrected chi connectivity index (χ1v) is 11.4. The monoisotopic (exact) mass is 532 g/mol. The summed E-state index contributed by atoms with van der Waals surface area (Å²) >= 11 is 18.8. The van der Waals surface area contributed by atoms with Gasteiger partial charge in [-0.3, -0.25) is 14.6 Å². The zero-order valence-corrected chi connectivity index (χ0v) is 20.9. The van der Waals surface area contributed by atoms with E-state index in [4.69, 9.17) is 44.3 Å². The number of carbonyl (C=O) groups is 2. The Hall–Kier alpha value is -3.26. The van der Waals surface area contributed by atoms with E-state index < -0.39 is 23.5 Å². The van der Waals surface area contributed by atoms with Crippen LogP contribution in [0.4, 0.5) is 0 Å². The molecule has 35 heavy (non-hydrogen) atoms. The number of aliphatic hydroxyl groups is 1. The number of ether oxygens (including phenoxy) is 2. The van der Waals surface area contributed by atoms with Crippen LogP contribution in [-0.2, 0) is 16.1 Å². The van der Waals surface area contributed by atoms with Crippen molar-refractivity contribution in [3.8, 4) is 11.5 Å². The van der Waals surface area contributed by atoms with Crippen molar-refractivity contribution in [1.29, 1.82) is 0 Å². The van der Waals surface area contributed by atoms with Crippen molar-refractivity contribution in [2.24, 2.45) is 0 Å². The van der Waals surface area contributed by atoms with Gasteiger partial charge in [-0.25, -0.2) is 0 Å². The number of ketones is 1. The van der Waals surface area contributed by atoms with E-state index in [-0.39, 0.29) is 39.2 Å². The number of hydrogen-bond donors (Lipinski definition) is 1. The first-order valence-electron chi connectivity index (χ1n) is 10.3. The Labute approximate surface area is 216 Å². The highest BCUT2D eigenvalue weighted by Gasteiger charge is 2.46. The molecule has 1 N–H and O–H groups in total. The van der Waals surface area contributed by atoms with Crippen molar-refractivity contribution in [2.75, 3.05) is 14.2 Å². The van der Waals surface area contributed by atoms with Crippen LogP contribution in [-0.4, -0.2) is 40.9 Å². The molecule has 0 saturated carbocycles. The molecule has 10 heteroatoms. The van der Waals surface area contributed by atoms with Gasteiger partial charge in [0.1, 0.15) is 10.8 Å². The fourth-order valence-corrected chi connectivity index (χ4v) is 4.83. The molecule has 1 atom stereocenters. The number of aliphatic hydroxyl groups excluding tert-OH is 1. The number of amides is 1. The fraction of sp³-hybridized carbons (Fsp3) is 0.160. The summed E-state index contributed by atoms with van der Waals surface area (Å²) in [4.78, 5) is 31.9. The van der Waals surface area contributed by atoms with E-state index >= 15 is 0 Å². The second-order valence-electron chi connectivity index (χ2n) is 7.63. The lowest BCUT2D eigenvalue weighted by atomic mass is 9.95. The topological polar surface area (TPSA) is 89.0 Å². The van der Waals surface area contributed by atoms with Crippen LogP contribution in [0.25, 0.3) is 5.76 Å². The molecule has 0 bridgehead atoms. The molecular weight excluding hydrogens is 515 g/mol. The lowest BCUT2D eigenvalue weighted by Gasteiger charge is -2.25. The molecular formula is C25H19Cl3N2O5. The van der Waals surface area contributed by atoms with E-state index in [1.807, 2.05) is 0 Å². The smallest absolute Gasteiger partial charge is 0.295 e. The molecule has 0 radical (unpaired) electrons. The molecule has 7 nitrogen and oxygen atoms in total. The number of methoxy groups -OCH3 is 2. The average Bonchev–Trinajstić information content (AvgIpc) is 3.09. The zero-order valence-electron chi connectivity index (χ0n) is 18.6. The quantitative estimate of drug-likeness (QED) is 0.249. The second-order valence-corrected chi connectivity index (χ2v) is 8.85. The number of benzene rings is 2. The lowest BCUT2D eigenvalue weighted by molar-refractivity contribution is -0.140. The zero-order chi connectivity index (χ0) is 25.3. The van der Waals surface area contributed by atoms with Crippen LogP contribution in [0.3, 0.4) is 0 Å². The van der Waals surface area contributed by atoms with Crippen LogP contribution < -0.4 is 9.47 Å². The maximum atomic E-state index is 13.3. The Kier molecular flexibility index (Phi) is 7.21.